The number of amides is 2. The lowest BCUT2D eigenvalue weighted by molar-refractivity contribution is -0.140. The molecule has 2 aliphatic rings. The second-order valence-electron chi connectivity index (χ2n) is 7.78. The number of imide groups is 1. The Bertz CT molecular complexity index is 961. The standard InChI is InChI=1S/C25H28N2O3/c1-3-26(18-12-6-4-7-13-18)23-22(20-16-10-11-17-21(20)30-2)24(28)27(25(23)29)19-14-8-5-9-15-19/h4,6-7,10-13,16-17,19H,3,5,8-9,14-15H2,1-2H3. The first-order valence-electron chi connectivity index (χ1n) is 10.8. The molecule has 4 rings (SSSR count). The molecule has 1 saturated carbocycles. The van der Waals surface area contributed by atoms with Crippen LogP contribution in [0, 0.1) is 0 Å². The highest BCUT2D eigenvalue weighted by atomic mass is 16.5. The van der Waals surface area contributed by atoms with Crippen molar-refractivity contribution < 1.29 is 14.3 Å². The van der Waals surface area contributed by atoms with E-state index < -0.39 is 0 Å². The van der Waals surface area contributed by atoms with Crippen molar-refractivity contribution in [3.05, 3.63) is 65.9 Å². The van der Waals surface area contributed by atoms with E-state index in [0.29, 0.717) is 29.1 Å². The Morgan fingerprint density at radius 2 is 1.60 bits per heavy atom. The summed E-state index contributed by atoms with van der Waals surface area (Å²) in [6.07, 6.45) is 5.02. The van der Waals surface area contributed by atoms with Crippen LogP contribution in [0.1, 0.15) is 44.6 Å². The van der Waals surface area contributed by atoms with E-state index in [1.807, 2.05) is 66.4 Å². The molecule has 1 aliphatic carbocycles. The third-order valence-corrected chi connectivity index (χ3v) is 6.06. The predicted molar refractivity (Wildman–Crippen MR) is 118 cm³/mol. The van der Waals surface area contributed by atoms with Crippen molar-refractivity contribution in [2.45, 2.75) is 45.1 Å². The molecule has 0 bridgehead atoms. The van der Waals surface area contributed by atoms with Gasteiger partial charge in [-0.25, -0.2) is 0 Å². The third-order valence-electron chi connectivity index (χ3n) is 6.06. The molecule has 2 aromatic rings. The van der Waals surface area contributed by atoms with Gasteiger partial charge in [0.1, 0.15) is 11.4 Å². The quantitative estimate of drug-likeness (QED) is 0.659. The average Bonchev–Trinajstić information content (AvgIpc) is 3.05. The lowest BCUT2D eigenvalue weighted by atomic mass is 9.94. The minimum absolute atomic E-state index is 0.0320. The molecule has 0 N–H and O–H groups in total. The number of hydrogen-bond donors (Lipinski definition) is 0. The maximum atomic E-state index is 13.7. The first-order chi connectivity index (χ1) is 14.7. The minimum Gasteiger partial charge on any atom is -0.496 e. The zero-order valence-corrected chi connectivity index (χ0v) is 17.6. The van der Waals surface area contributed by atoms with Crippen LogP contribution < -0.4 is 9.64 Å². The number of anilines is 1. The number of hydrogen-bond acceptors (Lipinski definition) is 4. The van der Waals surface area contributed by atoms with Crippen molar-refractivity contribution in [3.63, 3.8) is 0 Å². The van der Waals surface area contributed by atoms with Crippen molar-refractivity contribution >= 4 is 23.1 Å². The summed E-state index contributed by atoms with van der Waals surface area (Å²) in [7, 11) is 1.59. The molecule has 0 radical (unpaired) electrons. The smallest absolute Gasteiger partial charge is 0.278 e. The summed E-state index contributed by atoms with van der Waals surface area (Å²) < 4.78 is 5.55. The first kappa shape index (κ1) is 20.2. The van der Waals surface area contributed by atoms with Crippen LogP contribution in [0.2, 0.25) is 0 Å². The van der Waals surface area contributed by atoms with Gasteiger partial charge in [-0.15, -0.1) is 0 Å². The molecule has 2 aromatic carbocycles. The molecule has 1 fully saturated rings. The number of carbonyl (C=O) groups is 2. The van der Waals surface area contributed by atoms with Crippen LogP contribution in [0.15, 0.2) is 60.3 Å². The zero-order valence-electron chi connectivity index (χ0n) is 17.6. The summed E-state index contributed by atoms with van der Waals surface area (Å²) >= 11 is 0. The maximum Gasteiger partial charge on any atom is 0.278 e. The Kier molecular flexibility index (Phi) is 5.88. The fourth-order valence-corrected chi connectivity index (χ4v) is 4.63. The maximum absolute atomic E-state index is 13.7. The molecular formula is C25H28N2O3. The Hall–Kier alpha value is -3.08. The molecule has 0 unspecified atom stereocenters. The van der Waals surface area contributed by atoms with Gasteiger partial charge in [0.25, 0.3) is 11.8 Å². The van der Waals surface area contributed by atoms with E-state index >= 15 is 0 Å². The van der Waals surface area contributed by atoms with Crippen LogP contribution in [0.25, 0.3) is 5.57 Å². The molecule has 5 nitrogen and oxygen atoms in total. The average molecular weight is 405 g/mol. The first-order valence-corrected chi connectivity index (χ1v) is 10.8. The molecular weight excluding hydrogens is 376 g/mol. The van der Waals surface area contributed by atoms with Crippen LogP contribution >= 0.6 is 0 Å². The Morgan fingerprint density at radius 1 is 0.933 bits per heavy atom. The Morgan fingerprint density at radius 3 is 2.27 bits per heavy atom. The van der Waals surface area contributed by atoms with Gasteiger partial charge in [-0.05, 0) is 38.0 Å². The van der Waals surface area contributed by atoms with Crippen molar-refractivity contribution in [2.24, 2.45) is 0 Å². The number of para-hydroxylation sites is 2. The van der Waals surface area contributed by atoms with E-state index in [4.69, 9.17) is 4.74 Å². The normalized spacial score (nSPS) is 17.6. The summed E-state index contributed by atoms with van der Waals surface area (Å²) in [5.74, 6) is 0.194. The molecule has 0 spiro atoms. The van der Waals surface area contributed by atoms with Gasteiger partial charge in [0.15, 0.2) is 0 Å². The monoisotopic (exact) mass is 404 g/mol. The van der Waals surface area contributed by atoms with Crippen molar-refractivity contribution in [3.8, 4) is 5.75 Å². The molecule has 1 aliphatic heterocycles. The molecule has 0 atom stereocenters. The predicted octanol–water partition coefficient (Wildman–Crippen LogP) is 4.63. The molecule has 5 heteroatoms. The number of likely N-dealkylation sites (N-methyl/N-ethyl adjacent to an activating group) is 1. The summed E-state index contributed by atoms with van der Waals surface area (Å²) in [4.78, 5) is 30.9. The second-order valence-corrected chi connectivity index (χ2v) is 7.78. The number of carbonyl (C=O) groups excluding carboxylic acids is 2. The van der Waals surface area contributed by atoms with Crippen molar-refractivity contribution in [1.29, 1.82) is 0 Å². The number of rotatable bonds is 6. The number of ether oxygens (including phenoxy) is 1. The lowest BCUT2D eigenvalue weighted by Crippen LogP contribution is -2.43. The molecule has 30 heavy (non-hydrogen) atoms. The van der Waals surface area contributed by atoms with Gasteiger partial charge in [-0.1, -0.05) is 55.7 Å². The molecule has 1 heterocycles. The zero-order chi connectivity index (χ0) is 21.1. The van der Waals surface area contributed by atoms with Crippen LogP contribution in [-0.4, -0.2) is 36.4 Å². The SMILES string of the molecule is CCN(C1=C(c2ccccc2OC)C(=O)N(C2CCCCC2)C1=O)c1ccccc1. The van der Waals surface area contributed by atoms with E-state index in [1.165, 1.54) is 4.90 Å². The summed E-state index contributed by atoms with van der Waals surface area (Å²) in [5.41, 5.74) is 2.45. The van der Waals surface area contributed by atoms with E-state index in [-0.39, 0.29) is 17.9 Å². The summed E-state index contributed by atoms with van der Waals surface area (Å²) in [6, 6.07) is 17.2. The van der Waals surface area contributed by atoms with Gasteiger partial charge in [-0.3, -0.25) is 14.5 Å². The topological polar surface area (TPSA) is 49.9 Å². The van der Waals surface area contributed by atoms with Crippen LogP contribution in [0.4, 0.5) is 5.69 Å². The van der Waals surface area contributed by atoms with Crippen LogP contribution in [0.5, 0.6) is 5.75 Å². The van der Waals surface area contributed by atoms with E-state index in [0.717, 1.165) is 37.8 Å². The largest absolute Gasteiger partial charge is 0.496 e. The molecule has 156 valence electrons. The molecule has 0 saturated heterocycles. The van der Waals surface area contributed by atoms with Gasteiger partial charge >= 0.3 is 0 Å². The van der Waals surface area contributed by atoms with E-state index in [9.17, 15) is 9.59 Å². The fourth-order valence-electron chi connectivity index (χ4n) is 4.63. The van der Waals surface area contributed by atoms with Crippen molar-refractivity contribution in [1.82, 2.24) is 4.90 Å². The van der Waals surface area contributed by atoms with Gasteiger partial charge in [0.2, 0.25) is 0 Å². The van der Waals surface area contributed by atoms with Crippen LogP contribution in [-0.2, 0) is 9.59 Å². The lowest BCUT2D eigenvalue weighted by Gasteiger charge is -2.31. The van der Waals surface area contributed by atoms with Crippen LogP contribution in [0.3, 0.4) is 0 Å². The molecule has 0 aromatic heterocycles. The van der Waals surface area contributed by atoms with E-state index in [2.05, 4.69) is 0 Å². The summed E-state index contributed by atoms with van der Waals surface area (Å²) in [5, 5.41) is 0. The van der Waals surface area contributed by atoms with Gasteiger partial charge in [0, 0.05) is 23.8 Å². The summed E-state index contributed by atoms with van der Waals surface area (Å²) in [6.45, 7) is 2.58. The van der Waals surface area contributed by atoms with Gasteiger partial charge < -0.3 is 9.64 Å². The highest BCUT2D eigenvalue weighted by molar-refractivity contribution is 6.37. The second kappa shape index (κ2) is 8.74. The number of nitrogens with zero attached hydrogens (tertiary/aromatic N) is 2. The number of methoxy groups -OCH3 is 1. The fraction of sp³-hybridized carbons (Fsp3) is 0.360. The number of benzene rings is 2. The Labute approximate surface area is 177 Å². The highest BCUT2D eigenvalue weighted by Gasteiger charge is 2.45. The van der Waals surface area contributed by atoms with Crippen molar-refractivity contribution in [2.75, 3.05) is 18.6 Å². The third kappa shape index (κ3) is 3.49. The highest BCUT2D eigenvalue weighted by Crippen LogP contribution is 2.40. The van der Waals surface area contributed by atoms with Gasteiger partial charge in [-0.2, -0.15) is 0 Å². The minimum atomic E-state index is -0.208. The van der Waals surface area contributed by atoms with Gasteiger partial charge in [0.05, 0.1) is 12.7 Å². The Balaban J connectivity index is 1.88. The molecule has 2 amide bonds. The van der Waals surface area contributed by atoms with E-state index in [1.54, 1.807) is 7.11 Å².